The maximum atomic E-state index is 5.26. The van der Waals surface area contributed by atoms with Crippen LogP contribution < -0.4 is 4.74 Å². The van der Waals surface area contributed by atoms with Crippen molar-refractivity contribution in [2.24, 2.45) is 4.99 Å². The van der Waals surface area contributed by atoms with Crippen LogP contribution in [0.5, 0.6) is 5.75 Å². The van der Waals surface area contributed by atoms with Gasteiger partial charge in [-0.1, -0.05) is 12.1 Å². The van der Waals surface area contributed by atoms with Gasteiger partial charge in [0.2, 0.25) is 0 Å². The lowest BCUT2D eigenvalue weighted by Gasteiger charge is -2.16. The summed E-state index contributed by atoms with van der Waals surface area (Å²) in [6.07, 6.45) is 1.14. The quantitative estimate of drug-likeness (QED) is 0.759. The molecule has 0 bridgehead atoms. The molecule has 0 amide bonds. The lowest BCUT2D eigenvalue weighted by atomic mass is 9.97. The Labute approximate surface area is 96.7 Å². The first-order valence-corrected chi connectivity index (χ1v) is 5.58. The van der Waals surface area contributed by atoms with Crippen molar-refractivity contribution in [3.8, 4) is 5.75 Å². The van der Waals surface area contributed by atoms with Crippen LogP contribution in [0.3, 0.4) is 0 Å². The van der Waals surface area contributed by atoms with Crippen LogP contribution in [0.4, 0.5) is 0 Å². The number of benzene rings is 1. The number of ether oxygens (including phenoxy) is 1. The summed E-state index contributed by atoms with van der Waals surface area (Å²) in [6.45, 7) is 1.08. The lowest BCUT2D eigenvalue weighted by Crippen LogP contribution is -2.22. The second-order valence-electron chi connectivity index (χ2n) is 4.12. The van der Waals surface area contributed by atoms with Crippen LogP contribution in [0.15, 0.2) is 29.3 Å². The fraction of sp³-hybridized carbons (Fsp3) is 0.462. The third-order valence-corrected chi connectivity index (χ3v) is 3.18. The molecule has 0 radical (unpaired) electrons. The van der Waals surface area contributed by atoms with Crippen molar-refractivity contribution in [2.75, 3.05) is 27.7 Å². The summed E-state index contributed by atoms with van der Waals surface area (Å²) in [5.41, 5.74) is 1.30. The van der Waals surface area contributed by atoms with Gasteiger partial charge < -0.3 is 9.64 Å². The summed E-state index contributed by atoms with van der Waals surface area (Å²) >= 11 is 0. The van der Waals surface area contributed by atoms with Gasteiger partial charge in [-0.05, 0) is 24.1 Å². The molecule has 0 spiro atoms. The molecule has 1 fully saturated rings. The second kappa shape index (κ2) is 4.56. The molecule has 1 aliphatic heterocycles. The fourth-order valence-corrected chi connectivity index (χ4v) is 2.33. The van der Waals surface area contributed by atoms with Gasteiger partial charge in [0.1, 0.15) is 11.6 Å². The van der Waals surface area contributed by atoms with E-state index < -0.39 is 0 Å². The van der Waals surface area contributed by atoms with Gasteiger partial charge in [-0.25, -0.2) is 0 Å². The standard InChI is InChI=1S/C13H18N2O/c1-14-13-12(7-8-15(13)2)10-5-4-6-11(9-10)16-3/h4-6,9,12H,7-8H2,1-3H3/t12-/m1/s1. The molecule has 1 aromatic rings. The van der Waals surface area contributed by atoms with Gasteiger partial charge in [-0.15, -0.1) is 0 Å². The van der Waals surface area contributed by atoms with E-state index in [1.165, 1.54) is 11.4 Å². The SMILES string of the molecule is CN=C1[C@@H](c2cccc(OC)c2)CCN1C. The van der Waals surface area contributed by atoms with Gasteiger partial charge in [0, 0.05) is 26.6 Å². The van der Waals surface area contributed by atoms with E-state index >= 15 is 0 Å². The first-order chi connectivity index (χ1) is 7.76. The van der Waals surface area contributed by atoms with E-state index in [0.717, 1.165) is 18.7 Å². The summed E-state index contributed by atoms with van der Waals surface area (Å²) in [6, 6.07) is 8.28. The Balaban J connectivity index is 2.30. The Morgan fingerprint density at radius 1 is 1.44 bits per heavy atom. The maximum Gasteiger partial charge on any atom is 0.119 e. The van der Waals surface area contributed by atoms with Gasteiger partial charge >= 0.3 is 0 Å². The Morgan fingerprint density at radius 2 is 2.25 bits per heavy atom. The number of amidine groups is 1. The van der Waals surface area contributed by atoms with E-state index in [4.69, 9.17) is 4.74 Å². The highest BCUT2D eigenvalue weighted by Gasteiger charge is 2.27. The van der Waals surface area contributed by atoms with Crippen LogP contribution in [-0.4, -0.2) is 38.5 Å². The molecule has 0 saturated carbocycles. The second-order valence-corrected chi connectivity index (χ2v) is 4.12. The minimum Gasteiger partial charge on any atom is -0.497 e. The molecule has 1 aliphatic rings. The molecule has 1 aromatic carbocycles. The highest BCUT2D eigenvalue weighted by molar-refractivity contribution is 5.90. The summed E-state index contributed by atoms with van der Waals surface area (Å²) < 4.78 is 5.26. The number of hydrogen-bond acceptors (Lipinski definition) is 2. The summed E-state index contributed by atoms with van der Waals surface area (Å²) in [5, 5.41) is 0. The van der Waals surface area contributed by atoms with Crippen LogP contribution in [0.1, 0.15) is 17.9 Å². The summed E-state index contributed by atoms with van der Waals surface area (Å²) in [4.78, 5) is 6.61. The monoisotopic (exact) mass is 218 g/mol. The van der Waals surface area contributed by atoms with Crippen molar-refractivity contribution >= 4 is 5.84 Å². The van der Waals surface area contributed by atoms with Crippen molar-refractivity contribution < 1.29 is 4.74 Å². The first-order valence-electron chi connectivity index (χ1n) is 5.58. The average molecular weight is 218 g/mol. The Bertz CT molecular complexity index is 401. The molecular weight excluding hydrogens is 200 g/mol. The van der Waals surface area contributed by atoms with Gasteiger partial charge in [0.05, 0.1) is 7.11 Å². The van der Waals surface area contributed by atoms with Gasteiger partial charge in [-0.3, -0.25) is 4.99 Å². The van der Waals surface area contributed by atoms with E-state index in [9.17, 15) is 0 Å². The molecule has 1 heterocycles. The van der Waals surface area contributed by atoms with E-state index in [2.05, 4.69) is 29.1 Å². The topological polar surface area (TPSA) is 24.8 Å². The number of likely N-dealkylation sites (N-methyl/N-ethyl adjacent to an activating group) is 1. The van der Waals surface area contributed by atoms with Gasteiger partial charge in [-0.2, -0.15) is 0 Å². The molecule has 86 valence electrons. The molecule has 3 nitrogen and oxygen atoms in total. The van der Waals surface area contributed by atoms with Gasteiger partial charge in [0.25, 0.3) is 0 Å². The van der Waals surface area contributed by atoms with E-state index in [1.807, 2.05) is 19.2 Å². The van der Waals surface area contributed by atoms with Crippen molar-refractivity contribution in [2.45, 2.75) is 12.3 Å². The minimum atomic E-state index is 0.421. The average Bonchev–Trinajstić information content (AvgIpc) is 2.70. The zero-order valence-corrected chi connectivity index (χ0v) is 10.1. The molecule has 0 unspecified atom stereocenters. The first kappa shape index (κ1) is 11.0. The number of hydrogen-bond donors (Lipinski definition) is 0. The lowest BCUT2D eigenvalue weighted by molar-refractivity contribution is 0.414. The largest absolute Gasteiger partial charge is 0.497 e. The maximum absolute atomic E-state index is 5.26. The number of methoxy groups -OCH3 is 1. The van der Waals surface area contributed by atoms with Crippen LogP contribution in [-0.2, 0) is 0 Å². The van der Waals surface area contributed by atoms with E-state index in [-0.39, 0.29) is 0 Å². The predicted molar refractivity (Wildman–Crippen MR) is 66.3 cm³/mol. The molecule has 0 aliphatic carbocycles. The zero-order chi connectivity index (χ0) is 11.5. The summed E-state index contributed by atoms with van der Waals surface area (Å²) in [5.74, 6) is 2.51. The molecule has 3 heteroatoms. The minimum absolute atomic E-state index is 0.421. The predicted octanol–water partition coefficient (Wildman–Crippen LogP) is 2.14. The number of rotatable bonds is 2. The summed E-state index contributed by atoms with van der Waals surface area (Å²) in [7, 11) is 5.67. The van der Waals surface area contributed by atoms with E-state index in [0.29, 0.717) is 5.92 Å². The van der Waals surface area contributed by atoms with Crippen LogP contribution in [0.25, 0.3) is 0 Å². The van der Waals surface area contributed by atoms with Crippen molar-refractivity contribution in [3.63, 3.8) is 0 Å². The third kappa shape index (κ3) is 1.90. The third-order valence-electron chi connectivity index (χ3n) is 3.18. The molecule has 0 aromatic heterocycles. The highest BCUT2D eigenvalue weighted by Crippen LogP contribution is 2.30. The highest BCUT2D eigenvalue weighted by atomic mass is 16.5. The number of aliphatic imine (C=N–C) groups is 1. The van der Waals surface area contributed by atoms with Crippen LogP contribution in [0, 0.1) is 0 Å². The normalized spacial score (nSPS) is 22.8. The molecular formula is C13H18N2O. The number of likely N-dealkylation sites (tertiary alicyclic amines) is 1. The Morgan fingerprint density at radius 3 is 2.94 bits per heavy atom. The van der Waals surface area contributed by atoms with Crippen molar-refractivity contribution in [3.05, 3.63) is 29.8 Å². The molecule has 16 heavy (non-hydrogen) atoms. The van der Waals surface area contributed by atoms with E-state index in [1.54, 1.807) is 7.11 Å². The number of nitrogens with zero attached hydrogens (tertiary/aromatic N) is 2. The molecule has 1 atom stereocenters. The van der Waals surface area contributed by atoms with Crippen LogP contribution in [0.2, 0.25) is 0 Å². The molecule has 0 N–H and O–H groups in total. The Kier molecular flexibility index (Phi) is 3.13. The van der Waals surface area contributed by atoms with Crippen molar-refractivity contribution in [1.29, 1.82) is 0 Å². The van der Waals surface area contributed by atoms with Crippen molar-refractivity contribution in [1.82, 2.24) is 4.90 Å². The van der Waals surface area contributed by atoms with Crippen LogP contribution >= 0.6 is 0 Å². The molecule has 1 saturated heterocycles. The zero-order valence-electron chi connectivity index (χ0n) is 10.1. The molecule has 2 rings (SSSR count). The Hall–Kier alpha value is -1.51. The van der Waals surface area contributed by atoms with Gasteiger partial charge in [0.15, 0.2) is 0 Å². The smallest absolute Gasteiger partial charge is 0.119 e. The fourth-order valence-electron chi connectivity index (χ4n) is 2.33.